The molecule has 0 aliphatic carbocycles. The van der Waals surface area contributed by atoms with E-state index in [0.717, 1.165) is 16.5 Å². The van der Waals surface area contributed by atoms with Crippen LogP contribution in [0.3, 0.4) is 0 Å². The fourth-order valence-electron chi connectivity index (χ4n) is 1.54. The Labute approximate surface area is 91.5 Å². The molecule has 0 unspecified atom stereocenters. The van der Waals surface area contributed by atoms with Gasteiger partial charge in [0.05, 0.1) is 10.5 Å². The minimum absolute atomic E-state index is 0.122. The minimum atomic E-state index is 0.122. The third-order valence-corrected chi connectivity index (χ3v) is 2.69. The van der Waals surface area contributed by atoms with Crippen molar-refractivity contribution in [2.24, 2.45) is 0 Å². The Bertz CT molecular complexity index is 464. The van der Waals surface area contributed by atoms with Crippen LogP contribution in [0.15, 0.2) is 18.3 Å². The summed E-state index contributed by atoms with van der Waals surface area (Å²) in [5, 5.41) is 11.1. The van der Waals surface area contributed by atoms with Crippen molar-refractivity contribution in [1.82, 2.24) is 4.98 Å². The van der Waals surface area contributed by atoms with Crippen molar-refractivity contribution in [2.45, 2.75) is 6.42 Å². The van der Waals surface area contributed by atoms with Crippen molar-refractivity contribution in [3.05, 3.63) is 33.9 Å². The molecule has 0 atom stereocenters. The van der Waals surface area contributed by atoms with Gasteiger partial charge in [-0.1, -0.05) is 23.2 Å². The molecular formula is C10H9Cl2NO. The van der Waals surface area contributed by atoms with Gasteiger partial charge in [-0.15, -0.1) is 0 Å². The molecule has 2 N–H and O–H groups in total. The van der Waals surface area contributed by atoms with Crippen LogP contribution in [-0.2, 0) is 6.42 Å². The van der Waals surface area contributed by atoms with Gasteiger partial charge in [-0.3, -0.25) is 0 Å². The number of aromatic nitrogens is 1. The number of aromatic amines is 1. The number of aliphatic hydroxyl groups is 1. The molecule has 1 aromatic carbocycles. The van der Waals surface area contributed by atoms with Gasteiger partial charge in [-0.25, -0.2) is 0 Å². The highest BCUT2D eigenvalue weighted by atomic mass is 35.5. The highest BCUT2D eigenvalue weighted by molar-refractivity contribution is 6.38. The van der Waals surface area contributed by atoms with Crippen LogP contribution in [-0.4, -0.2) is 16.7 Å². The first-order chi connectivity index (χ1) is 6.72. The number of hydrogen-bond donors (Lipinski definition) is 2. The summed E-state index contributed by atoms with van der Waals surface area (Å²) in [5.74, 6) is 0. The fourth-order valence-corrected chi connectivity index (χ4v) is 2.09. The number of H-pyrrole nitrogens is 1. The zero-order chi connectivity index (χ0) is 10.1. The van der Waals surface area contributed by atoms with Crippen molar-refractivity contribution in [3.8, 4) is 0 Å². The van der Waals surface area contributed by atoms with E-state index >= 15 is 0 Å². The molecule has 4 heteroatoms. The summed E-state index contributed by atoms with van der Waals surface area (Å²) >= 11 is 11.9. The predicted octanol–water partition coefficient (Wildman–Crippen LogP) is 3.01. The molecule has 1 heterocycles. The topological polar surface area (TPSA) is 36.0 Å². The minimum Gasteiger partial charge on any atom is -0.396 e. The summed E-state index contributed by atoms with van der Waals surface area (Å²) in [6.45, 7) is 0.122. The third-order valence-electron chi connectivity index (χ3n) is 2.17. The molecule has 0 saturated carbocycles. The molecule has 2 rings (SSSR count). The maximum absolute atomic E-state index is 8.86. The van der Waals surface area contributed by atoms with Gasteiger partial charge < -0.3 is 10.1 Å². The van der Waals surface area contributed by atoms with E-state index in [4.69, 9.17) is 28.3 Å². The highest BCUT2D eigenvalue weighted by Gasteiger charge is 2.07. The SMILES string of the molecule is OCCc1c[nH]c2c(Cl)cc(Cl)cc12. The summed E-state index contributed by atoms with van der Waals surface area (Å²) in [5.41, 5.74) is 1.91. The van der Waals surface area contributed by atoms with Gasteiger partial charge >= 0.3 is 0 Å². The molecule has 0 bridgehead atoms. The van der Waals surface area contributed by atoms with Crippen LogP contribution in [0.5, 0.6) is 0 Å². The van der Waals surface area contributed by atoms with E-state index in [9.17, 15) is 0 Å². The lowest BCUT2D eigenvalue weighted by molar-refractivity contribution is 0.300. The molecule has 2 nitrogen and oxygen atoms in total. The summed E-state index contributed by atoms with van der Waals surface area (Å²) in [7, 11) is 0. The van der Waals surface area contributed by atoms with Crippen LogP contribution in [0.1, 0.15) is 5.56 Å². The van der Waals surface area contributed by atoms with Crippen molar-refractivity contribution < 1.29 is 5.11 Å². The molecule has 0 amide bonds. The summed E-state index contributed by atoms with van der Waals surface area (Å²) < 4.78 is 0. The van der Waals surface area contributed by atoms with E-state index in [1.54, 1.807) is 6.07 Å². The van der Waals surface area contributed by atoms with Gasteiger partial charge in [0.25, 0.3) is 0 Å². The Kier molecular flexibility index (Phi) is 2.68. The lowest BCUT2D eigenvalue weighted by Crippen LogP contribution is -1.88. The molecule has 0 radical (unpaired) electrons. The van der Waals surface area contributed by atoms with E-state index in [0.29, 0.717) is 16.5 Å². The normalized spacial score (nSPS) is 11.1. The Morgan fingerprint density at radius 1 is 1.29 bits per heavy atom. The van der Waals surface area contributed by atoms with Gasteiger partial charge in [0.15, 0.2) is 0 Å². The molecule has 74 valence electrons. The Hall–Kier alpha value is -0.700. The van der Waals surface area contributed by atoms with Gasteiger partial charge in [0, 0.05) is 23.2 Å². The maximum Gasteiger partial charge on any atom is 0.0661 e. The third kappa shape index (κ3) is 1.61. The van der Waals surface area contributed by atoms with Crippen molar-refractivity contribution >= 4 is 34.1 Å². The second-order valence-electron chi connectivity index (χ2n) is 3.10. The summed E-state index contributed by atoms with van der Waals surface area (Å²) in [6, 6.07) is 3.55. The van der Waals surface area contributed by atoms with Crippen molar-refractivity contribution in [1.29, 1.82) is 0 Å². The van der Waals surface area contributed by atoms with Crippen LogP contribution in [0, 0.1) is 0 Å². The Balaban J connectivity index is 2.66. The lowest BCUT2D eigenvalue weighted by atomic mass is 10.1. The van der Waals surface area contributed by atoms with Crippen LogP contribution in [0.25, 0.3) is 10.9 Å². The van der Waals surface area contributed by atoms with Gasteiger partial charge in [-0.05, 0) is 24.1 Å². The first-order valence-corrected chi connectivity index (χ1v) is 5.04. The molecule has 1 aromatic heterocycles. The Morgan fingerprint density at radius 3 is 2.79 bits per heavy atom. The first-order valence-electron chi connectivity index (χ1n) is 4.28. The maximum atomic E-state index is 8.86. The average molecular weight is 230 g/mol. The summed E-state index contributed by atoms with van der Waals surface area (Å²) in [4.78, 5) is 3.07. The van der Waals surface area contributed by atoms with Crippen LogP contribution >= 0.6 is 23.2 Å². The zero-order valence-electron chi connectivity index (χ0n) is 7.35. The van der Waals surface area contributed by atoms with Crippen molar-refractivity contribution in [2.75, 3.05) is 6.61 Å². The van der Waals surface area contributed by atoms with E-state index in [1.165, 1.54) is 0 Å². The standard InChI is InChI=1S/C10H9Cl2NO/c11-7-3-8-6(1-2-14)5-13-10(8)9(12)4-7/h3-5,13-14H,1-2H2. The molecule has 0 saturated heterocycles. The number of rotatable bonds is 2. The molecule has 2 aromatic rings. The second-order valence-corrected chi connectivity index (χ2v) is 3.94. The first kappa shape index (κ1) is 9.84. The van der Waals surface area contributed by atoms with Crippen LogP contribution in [0.4, 0.5) is 0 Å². The average Bonchev–Trinajstić information content (AvgIpc) is 2.49. The highest BCUT2D eigenvalue weighted by Crippen LogP contribution is 2.29. The summed E-state index contributed by atoms with van der Waals surface area (Å²) in [6.07, 6.45) is 2.46. The quantitative estimate of drug-likeness (QED) is 0.817. The van der Waals surface area contributed by atoms with Gasteiger partial charge in [-0.2, -0.15) is 0 Å². The van der Waals surface area contributed by atoms with Crippen molar-refractivity contribution in [3.63, 3.8) is 0 Å². The largest absolute Gasteiger partial charge is 0.396 e. The predicted molar refractivity (Wildman–Crippen MR) is 59.1 cm³/mol. The molecule has 0 fully saturated rings. The van der Waals surface area contributed by atoms with Gasteiger partial charge in [0.1, 0.15) is 0 Å². The monoisotopic (exact) mass is 229 g/mol. The number of fused-ring (bicyclic) bond motifs is 1. The number of benzene rings is 1. The van der Waals surface area contributed by atoms with Crippen LogP contribution in [0.2, 0.25) is 10.0 Å². The fraction of sp³-hybridized carbons (Fsp3) is 0.200. The molecular weight excluding hydrogens is 221 g/mol. The molecule has 0 spiro atoms. The Morgan fingerprint density at radius 2 is 2.07 bits per heavy atom. The molecule has 14 heavy (non-hydrogen) atoms. The molecule has 0 aliphatic heterocycles. The second kappa shape index (κ2) is 3.81. The van der Waals surface area contributed by atoms with E-state index in [-0.39, 0.29) is 6.61 Å². The zero-order valence-corrected chi connectivity index (χ0v) is 8.86. The van der Waals surface area contributed by atoms with E-state index < -0.39 is 0 Å². The van der Waals surface area contributed by atoms with Gasteiger partial charge in [0.2, 0.25) is 0 Å². The number of halogens is 2. The van der Waals surface area contributed by atoms with E-state index in [1.807, 2.05) is 12.3 Å². The lowest BCUT2D eigenvalue weighted by Gasteiger charge is -1.98. The number of aliphatic hydroxyl groups excluding tert-OH is 1. The smallest absolute Gasteiger partial charge is 0.0661 e. The number of hydrogen-bond acceptors (Lipinski definition) is 1. The van der Waals surface area contributed by atoms with Crippen LogP contribution < -0.4 is 0 Å². The number of nitrogens with one attached hydrogen (secondary N) is 1. The van der Waals surface area contributed by atoms with E-state index in [2.05, 4.69) is 4.98 Å². The molecule has 0 aliphatic rings.